The Morgan fingerprint density at radius 2 is 0.778 bits per heavy atom. The smallest absolute Gasteiger partial charge is 0.252 e. The summed E-state index contributed by atoms with van der Waals surface area (Å²) < 4.78 is 0. The maximum Gasteiger partial charge on any atom is 0.252 e. The van der Waals surface area contributed by atoms with E-state index in [9.17, 15) is 0 Å². The lowest BCUT2D eigenvalue weighted by Crippen LogP contribution is -2.62. The molecule has 0 unspecified atom stereocenters. The third-order valence-corrected chi connectivity index (χ3v) is 18.7. The van der Waals surface area contributed by atoms with E-state index in [1.165, 1.54) is 112 Å². The molecule has 374 valence electrons. The molecule has 0 atom stereocenters. The summed E-state index contributed by atoms with van der Waals surface area (Å²) in [7, 11) is 0. The molecule has 0 radical (unpaired) electrons. The lowest BCUT2D eigenvalue weighted by Gasteiger charge is -2.46. The van der Waals surface area contributed by atoms with Crippen LogP contribution < -0.4 is 26.2 Å². The minimum Gasteiger partial charge on any atom is -0.311 e. The highest BCUT2D eigenvalue weighted by atomic mass is 15.2. The van der Waals surface area contributed by atoms with Crippen molar-refractivity contribution >= 4 is 57.2 Å². The summed E-state index contributed by atoms with van der Waals surface area (Å²) in [6.45, 7) is 51.1. The minimum absolute atomic E-state index is 0.0266. The SMILES string of the molecule is CC(C)(C)c1ccc2c(c1)B1c3cc4c(cc3N(c3ccc5c(c3)C(C)(C)CC5(C)C)c3cc(C(C)(C)C)cc(c31)N2c1ccc(C(C)(C)C)cc1-c1ccc2c(c1)C(C)(C)CC2(C)C)C(C)(C)CC4(C)C. The molecule has 2 heterocycles. The van der Waals surface area contributed by atoms with Crippen LogP contribution in [-0.2, 0) is 48.7 Å². The first-order valence-electron chi connectivity index (χ1n) is 27.6. The summed E-state index contributed by atoms with van der Waals surface area (Å²) in [4.78, 5) is 5.45. The zero-order valence-electron chi connectivity index (χ0n) is 48.3. The van der Waals surface area contributed by atoms with Gasteiger partial charge in [-0.05, 0) is 189 Å². The van der Waals surface area contributed by atoms with Crippen molar-refractivity contribution in [1.29, 1.82) is 0 Å². The standard InChI is InChI=1S/C69H85BN2/c1-61(2,3)42-23-28-55(46(31-42)41-22-26-47-49(30-41)66(14,15)38-64(47,10)11)72-56-29-24-43(62(4,5)6)32-53(56)70-54-36-51-52(69(20,21)40-68(51,18)19)37-57(54)71(58-33-44(63(7,8)9)34-59(72)60(58)70)45-25-27-48-50(35-45)67(16,17)39-65(48,12)13/h22-37H,38-40H2,1-21H3. The van der Waals surface area contributed by atoms with E-state index in [1.807, 2.05) is 0 Å². The molecular weight excluding hydrogens is 868 g/mol. The van der Waals surface area contributed by atoms with Crippen LogP contribution in [0.25, 0.3) is 11.1 Å². The average molecular weight is 953 g/mol. The summed E-state index contributed by atoms with van der Waals surface area (Å²) in [6, 6.07) is 40.6. The number of hydrogen-bond acceptors (Lipinski definition) is 2. The van der Waals surface area contributed by atoms with E-state index in [-0.39, 0.29) is 55.4 Å². The van der Waals surface area contributed by atoms with Crippen molar-refractivity contribution in [1.82, 2.24) is 0 Å². The van der Waals surface area contributed by atoms with Crippen LogP contribution in [0, 0.1) is 0 Å². The van der Waals surface area contributed by atoms with E-state index < -0.39 is 0 Å². The zero-order valence-corrected chi connectivity index (χ0v) is 48.3. The van der Waals surface area contributed by atoms with Gasteiger partial charge in [-0.2, -0.15) is 0 Å². The van der Waals surface area contributed by atoms with Gasteiger partial charge in [0.2, 0.25) is 0 Å². The molecule has 3 heteroatoms. The Morgan fingerprint density at radius 1 is 0.347 bits per heavy atom. The highest BCUT2D eigenvalue weighted by molar-refractivity contribution is 7.00. The molecule has 0 amide bonds. The molecule has 0 bridgehead atoms. The van der Waals surface area contributed by atoms with Gasteiger partial charge in [0.05, 0.1) is 5.69 Å². The predicted octanol–water partition coefficient (Wildman–Crippen LogP) is 17.2. The topological polar surface area (TPSA) is 6.48 Å². The molecule has 11 rings (SSSR count). The summed E-state index contributed by atoms with van der Waals surface area (Å²) in [6.07, 6.45) is 3.41. The van der Waals surface area contributed by atoms with E-state index in [4.69, 9.17) is 0 Å². The van der Waals surface area contributed by atoms with Crippen molar-refractivity contribution in [3.05, 3.63) is 147 Å². The van der Waals surface area contributed by atoms with E-state index >= 15 is 0 Å². The first-order chi connectivity index (χ1) is 33.0. The molecule has 6 aromatic carbocycles. The Morgan fingerprint density at radius 3 is 1.32 bits per heavy atom. The number of fused-ring (bicyclic) bond motifs is 7. The zero-order chi connectivity index (χ0) is 52.2. The van der Waals surface area contributed by atoms with Crippen molar-refractivity contribution in [3.63, 3.8) is 0 Å². The highest BCUT2D eigenvalue weighted by Gasteiger charge is 2.50. The van der Waals surface area contributed by atoms with Gasteiger partial charge in [-0.25, -0.2) is 0 Å². The second-order valence-electron chi connectivity index (χ2n) is 30.6. The van der Waals surface area contributed by atoms with Gasteiger partial charge in [0.15, 0.2) is 0 Å². The maximum absolute atomic E-state index is 2.73. The van der Waals surface area contributed by atoms with Crippen molar-refractivity contribution in [2.45, 2.75) is 213 Å². The summed E-state index contributed by atoms with van der Waals surface area (Å²) >= 11 is 0. The molecule has 0 N–H and O–H groups in total. The Bertz CT molecular complexity index is 3290. The van der Waals surface area contributed by atoms with Crippen LogP contribution >= 0.6 is 0 Å². The fourth-order valence-corrected chi connectivity index (χ4v) is 15.6. The van der Waals surface area contributed by atoms with Gasteiger partial charge >= 0.3 is 0 Å². The van der Waals surface area contributed by atoms with Crippen LogP contribution in [0.3, 0.4) is 0 Å². The molecule has 5 aliphatic rings. The maximum atomic E-state index is 2.73. The van der Waals surface area contributed by atoms with Crippen LogP contribution in [0.5, 0.6) is 0 Å². The lowest BCUT2D eigenvalue weighted by molar-refractivity contribution is 0.402. The van der Waals surface area contributed by atoms with Crippen LogP contribution in [0.4, 0.5) is 34.1 Å². The first-order valence-corrected chi connectivity index (χ1v) is 27.6. The Labute approximate surface area is 436 Å². The normalized spacial score (nSPS) is 20.2. The predicted molar refractivity (Wildman–Crippen MR) is 314 cm³/mol. The monoisotopic (exact) mass is 953 g/mol. The van der Waals surface area contributed by atoms with Crippen LogP contribution in [-0.4, -0.2) is 6.71 Å². The second-order valence-corrected chi connectivity index (χ2v) is 30.6. The van der Waals surface area contributed by atoms with E-state index in [1.54, 1.807) is 0 Å². The Kier molecular flexibility index (Phi) is 10.1. The number of rotatable bonds is 3. The van der Waals surface area contributed by atoms with E-state index in [0.717, 1.165) is 19.3 Å². The van der Waals surface area contributed by atoms with Gasteiger partial charge in [-0.1, -0.05) is 194 Å². The highest BCUT2D eigenvalue weighted by Crippen LogP contribution is 2.57. The van der Waals surface area contributed by atoms with Crippen molar-refractivity contribution in [3.8, 4) is 11.1 Å². The number of hydrogen-bond donors (Lipinski definition) is 0. The van der Waals surface area contributed by atoms with Gasteiger partial charge in [0.1, 0.15) is 0 Å². The lowest BCUT2D eigenvalue weighted by atomic mass is 9.33. The molecule has 0 fully saturated rings. The van der Waals surface area contributed by atoms with Gasteiger partial charge in [-0.3, -0.25) is 0 Å². The number of anilines is 6. The van der Waals surface area contributed by atoms with Crippen molar-refractivity contribution in [2.75, 3.05) is 9.80 Å². The summed E-state index contributed by atoms with van der Waals surface area (Å²) in [5.41, 5.74) is 27.9. The Balaban J connectivity index is 1.28. The van der Waals surface area contributed by atoms with E-state index in [2.05, 4.69) is 252 Å². The van der Waals surface area contributed by atoms with Gasteiger partial charge in [-0.15, -0.1) is 0 Å². The molecule has 6 aromatic rings. The third kappa shape index (κ3) is 7.29. The van der Waals surface area contributed by atoms with Crippen molar-refractivity contribution in [2.24, 2.45) is 0 Å². The van der Waals surface area contributed by atoms with E-state index in [0.29, 0.717) is 0 Å². The second kappa shape index (κ2) is 14.8. The van der Waals surface area contributed by atoms with Gasteiger partial charge < -0.3 is 9.80 Å². The summed E-state index contributed by atoms with van der Waals surface area (Å²) in [5, 5.41) is 0. The summed E-state index contributed by atoms with van der Waals surface area (Å²) in [5.74, 6) is 0. The molecule has 0 saturated carbocycles. The minimum atomic E-state index is -0.125. The first kappa shape index (κ1) is 49.2. The molecule has 72 heavy (non-hydrogen) atoms. The molecule has 0 saturated heterocycles. The number of benzene rings is 6. The molecule has 2 nitrogen and oxygen atoms in total. The van der Waals surface area contributed by atoms with Gasteiger partial charge in [0.25, 0.3) is 6.71 Å². The van der Waals surface area contributed by atoms with Crippen LogP contribution in [0.2, 0.25) is 0 Å². The van der Waals surface area contributed by atoms with Crippen LogP contribution in [0.15, 0.2) is 97.1 Å². The van der Waals surface area contributed by atoms with Crippen molar-refractivity contribution < 1.29 is 0 Å². The largest absolute Gasteiger partial charge is 0.311 e. The average Bonchev–Trinajstić information content (AvgIpc) is 3.66. The quantitative estimate of drug-likeness (QED) is 0.163. The molecule has 0 aromatic heterocycles. The molecular formula is C69H85BN2. The molecule has 2 aliphatic heterocycles. The number of nitrogens with zero attached hydrogens (tertiary/aromatic N) is 2. The third-order valence-electron chi connectivity index (χ3n) is 18.7. The van der Waals surface area contributed by atoms with Crippen LogP contribution in [0.1, 0.15) is 215 Å². The molecule has 3 aliphatic carbocycles. The Hall–Kier alpha value is -5.02. The fourth-order valence-electron chi connectivity index (χ4n) is 15.6. The fraction of sp³-hybridized carbons (Fsp3) is 0.478. The van der Waals surface area contributed by atoms with Gasteiger partial charge in [0, 0.05) is 34.0 Å². The molecule has 0 spiro atoms.